The molecule has 1 aromatic rings. The number of carbonyl (C=O) groups is 1. The van der Waals surface area contributed by atoms with E-state index in [9.17, 15) is 9.90 Å². The fourth-order valence-electron chi connectivity index (χ4n) is 2.44. The van der Waals surface area contributed by atoms with Gasteiger partial charge in [-0.25, -0.2) is 0 Å². The molecule has 0 aliphatic carbocycles. The monoisotopic (exact) mass is 235 g/mol. The predicted molar refractivity (Wildman–Crippen MR) is 63.8 cm³/mol. The van der Waals surface area contributed by atoms with Gasteiger partial charge in [-0.05, 0) is 32.5 Å². The maximum absolute atomic E-state index is 11.0. The molecule has 0 amide bonds. The van der Waals surface area contributed by atoms with Gasteiger partial charge in [0.2, 0.25) is 0 Å². The summed E-state index contributed by atoms with van der Waals surface area (Å²) in [5.74, 6) is -0.801. The fraction of sp³-hybridized carbons (Fsp3) is 0.462. The van der Waals surface area contributed by atoms with Crippen LogP contribution in [0.15, 0.2) is 24.3 Å². The lowest BCUT2D eigenvalue weighted by molar-refractivity contribution is -0.144. The number of phenolic OH excluding ortho intramolecular Hbond substituents is 1. The van der Waals surface area contributed by atoms with Crippen molar-refractivity contribution >= 4 is 5.97 Å². The topological polar surface area (TPSA) is 60.8 Å². The zero-order chi connectivity index (χ0) is 12.4. The number of aliphatic carboxylic acids is 1. The van der Waals surface area contributed by atoms with E-state index in [4.69, 9.17) is 5.11 Å². The predicted octanol–water partition coefficient (Wildman–Crippen LogP) is 1.86. The Morgan fingerprint density at radius 3 is 2.76 bits per heavy atom. The van der Waals surface area contributed by atoms with E-state index < -0.39 is 5.97 Å². The van der Waals surface area contributed by atoms with Gasteiger partial charge in [0, 0.05) is 11.6 Å². The van der Waals surface area contributed by atoms with Crippen molar-refractivity contribution in [2.45, 2.75) is 18.9 Å². The summed E-state index contributed by atoms with van der Waals surface area (Å²) in [6, 6.07) is 7.14. The van der Waals surface area contributed by atoms with Gasteiger partial charge in [0.05, 0.1) is 5.92 Å². The molecule has 2 N–H and O–H groups in total. The molecule has 1 aliphatic heterocycles. The highest BCUT2D eigenvalue weighted by Crippen LogP contribution is 2.36. The molecule has 0 aromatic heterocycles. The molecule has 2 unspecified atom stereocenters. The van der Waals surface area contributed by atoms with Crippen molar-refractivity contribution in [3.05, 3.63) is 29.8 Å². The minimum Gasteiger partial charge on any atom is -0.508 e. The summed E-state index contributed by atoms with van der Waals surface area (Å²) in [7, 11) is 1.97. The van der Waals surface area contributed by atoms with E-state index in [1.165, 1.54) is 0 Å². The van der Waals surface area contributed by atoms with Crippen LogP contribution < -0.4 is 0 Å². The van der Waals surface area contributed by atoms with Crippen molar-refractivity contribution in [1.82, 2.24) is 4.90 Å². The van der Waals surface area contributed by atoms with Gasteiger partial charge in [0.25, 0.3) is 0 Å². The van der Waals surface area contributed by atoms with Crippen LogP contribution >= 0.6 is 0 Å². The summed E-state index contributed by atoms with van der Waals surface area (Å²) >= 11 is 0. The molecule has 1 fully saturated rings. The molecule has 0 radical (unpaired) electrons. The molecule has 1 heterocycles. The molecule has 1 saturated heterocycles. The van der Waals surface area contributed by atoms with Crippen molar-refractivity contribution in [3.8, 4) is 5.75 Å². The number of phenols is 1. The van der Waals surface area contributed by atoms with Gasteiger partial charge in [0.1, 0.15) is 5.75 Å². The molecule has 1 aliphatic rings. The molecule has 4 nitrogen and oxygen atoms in total. The highest BCUT2D eigenvalue weighted by molar-refractivity contribution is 5.70. The van der Waals surface area contributed by atoms with Crippen molar-refractivity contribution in [2.24, 2.45) is 5.92 Å². The van der Waals surface area contributed by atoms with E-state index in [0.29, 0.717) is 12.8 Å². The number of hydrogen-bond acceptors (Lipinski definition) is 3. The first-order valence-electron chi connectivity index (χ1n) is 5.80. The third-order valence-corrected chi connectivity index (χ3v) is 3.52. The smallest absolute Gasteiger partial charge is 0.306 e. The highest BCUT2D eigenvalue weighted by atomic mass is 16.4. The molecular formula is C13H17NO3. The second-order valence-corrected chi connectivity index (χ2v) is 4.61. The van der Waals surface area contributed by atoms with Gasteiger partial charge in [0.15, 0.2) is 0 Å². The molecule has 2 rings (SSSR count). The molecular weight excluding hydrogens is 218 g/mol. The van der Waals surface area contributed by atoms with E-state index in [0.717, 1.165) is 12.1 Å². The second-order valence-electron chi connectivity index (χ2n) is 4.61. The minimum absolute atomic E-state index is 0.00829. The van der Waals surface area contributed by atoms with Gasteiger partial charge in [-0.1, -0.05) is 18.2 Å². The normalized spacial score (nSPS) is 25.7. The van der Waals surface area contributed by atoms with Crippen LogP contribution in [0.1, 0.15) is 24.4 Å². The quantitative estimate of drug-likeness (QED) is 0.821. The maximum Gasteiger partial charge on any atom is 0.306 e. The number of para-hydroxylation sites is 1. The van der Waals surface area contributed by atoms with Crippen LogP contribution in [0.2, 0.25) is 0 Å². The molecule has 92 valence electrons. The van der Waals surface area contributed by atoms with Crippen LogP contribution in [-0.2, 0) is 4.79 Å². The van der Waals surface area contributed by atoms with E-state index in [1.807, 2.05) is 19.2 Å². The number of piperidine rings is 1. The minimum atomic E-state index is -0.737. The molecule has 2 atom stereocenters. The van der Waals surface area contributed by atoms with Crippen LogP contribution in [0.25, 0.3) is 0 Å². The number of likely N-dealkylation sites (tertiary alicyclic amines) is 1. The first-order valence-corrected chi connectivity index (χ1v) is 5.80. The Balaban J connectivity index is 2.24. The number of nitrogens with zero attached hydrogens (tertiary/aromatic N) is 1. The third kappa shape index (κ3) is 2.42. The SMILES string of the molecule is CN1CCC(C(=O)O)CC1c1ccccc1O. The summed E-state index contributed by atoms with van der Waals surface area (Å²) < 4.78 is 0. The molecule has 0 bridgehead atoms. The van der Waals surface area contributed by atoms with E-state index in [-0.39, 0.29) is 17.7 Å². The Labute approximate surface area is 100 Å². The molecule has 1 aromatic carbocycles. The number of hydrogen-bond donors (Lipinski definition) is 2. The highest BCUT2D eigenvalue weighted by Gasteiger charge is 2.32. The maximum atomic E-state index is 11.0. The zero-order valence-electron chi connectivity index (χ0n) is 9.84. The van der Waals surface area contributed by atoms with Gasteiger partial charge in [-0.2, -0.15) is 0 Å². The fourth-order valence-corrected chi connectivity index (χ4v) is 2.44. The second kappa shape index (κ2) is 4.75. The van der Waals surface area contributed by atoms with Crippen molar-refractivity contribution in [1.29, 1.82) is 0 Å². The van der Waals surface area contributed by atoms with E-state index in [1.54, 1.807) is 12.1 Å². The van der Waals surface area contributed by atoms with Crippen LogP contribution in [0.3, 0.4) is 0 Å². The van der Waals surface area contributed by atoms with Gasteiger partial charge in [-0.15, -0.1) is 0 Å². The summed E-state index contributed by atoms with van der Waals surface area (Å²) in [6.45, 7) is 0.746. The molecule has 0 spiro atoms. The number of aromatic hydroxyl groups is 1. The van der Waals surface area contributed by atoms with Crippen LogP contribution in [0, 0.1) is 5.92 Å². The Bertz CT molecular complexity index is 419. The van der Waals surface area contributed by atoms with E-state index in [2.05, 4.69) is 4.90 Å². The number of benzene rings is 1. The summed E-state index contributed by atoms with van der Waals surface area (Å²) in [4.78, 5) is 13.1. The van der Waals surface area contributed by atoms with Crippen molar-refractivity contribution in [3.63, 3.8) is 0 Å². The number of carboxylic acids is 1. The summed E-state index contributed by atoms with van der Waals surface area (Å²) in [5, 5.41) is 18.9. The third-order valence-electron chi connectivity index (χ3n) is 3.52. The molecule has 17 heavy (non-hydrogen) atoms. The average Bonchev–Trinajstić information content (AvgIpc) is 2.30. The van der Waals surface area contributed by atoms with Gasteiger partial charge in [-0.3, -0.25) is 9.69 Å². The first kappa shape index (κ1) is 11.9. The standard InChI is InChI=1S/C13H17NO3/c1-14-7-6-9(13(16)17)8-11(14)10-4-2-3-5-12(10)15/h2-5,9,11,15H,6-8H2,1H3,(H,16,17). The van der Waals surface area contributed by atoms with Gasteiger partial charge >= 0.3 is 5.97 Å². The number of carboxylic acid groups (broad SMARTS) is 1. The number of rotatable bonds is 2. The summed E-state index contributed by atoms with van der Waals surface area (Å²) in [6.07, 6.45) is 1.24. The molecule has 4 heteroatoms. The van der Waals surface area contributed by atoms with E-state index >= 15 is 0 Å². The van der Waals surface area contributed by atoms with Crippen molar-refractivity contribution < 1.29 is 15.0 Å². The zero-order valence-corrected chi connectivity index (χ0v) is 9.84. The average molecular weight is 235 g/mol. The van der Waals surface area contributed by atoms with Crippen LogP contribution in [0.4, 0.5) is 0 Å². The largest absolute Gasteiger partial charge is 0.508 e. The Morgan fingerprint density at radius 1 is 1.41 bits per heavy atom. The lowest BCUT2D eigenvalue weighted by atomic mass is 9.87. The lowest BCUT2D eigenvalue weighted by Crippen LogP contribution is -2.36. The van der Waals surface area contributed by atoms with Crippen molar-refractivity contribution in [2.75, 3.05) is 13.6 Å². The molecule has 0 saturated carbocycles. The summed E-state index contributed by atoms with van der Waals surface area (Å²) in [5.41, 5.74) is 0.820. The Morgan fingerprint density at radius 2 is 2.12 bits per heavy atom. The Kier molecular flexibility index (Phi) is 3.33. The van der Waals surface area contributed by atoms with Crippen LogP contribution in [-0.4, -0.2) is 34.7 Å². The first-order chi connectivity index (χ1) is 8.09. The van der Waals surface area contributed by atoms with Crippen LogP contribution in [0.5, 0.6) is 5.75 Å². The van der Waals surface area contributed by atoms with Gasteiger partial charge < -0.3 is 10.2 Å². The Hall–Kier alpha value is -1.55. The lowest BCUT2D eigenvalue weighted by Gasteiger charge is -2.36.